The van der Waals surface area contributed by atoms with Gasteiger partial charge >= 0.3 is 0 Å². The molecule has 0 aliphatic carbocycles. The molecule has 3 rings (SSSR count). The van der Waals surface area contributed by atoms with E-state index >= 15 is 0 Å². The molecular formula is C21H18BrClFNO2. The Morgan fingerprint density at radius 2 is 1.81 bits per heavy atom. The highest BCUT2D eigenvalue weighted by atomic mass is 79.9. The van der Waals surface area contributed by atoms with Crippen molar-refractivity contribution in [1.29, 1.82) is 0 Å². The second-order valence-electron chi connectivity index (χ2n) is 5.87. The van der Waals surface area contributed by atoms with Gasteiger partial charge < -0.3 is 14.8 Å². The molecule has 3 aromatic rings. The van der Waals surface area contributed by atoms with Gasteiger partial charge in [-0.05, 0) is 59.7 Å². The van der Waals surface area contributed by atoms with Gasteiger partial charge in [0.25, 0.3) is 0 Å². The third kappa shape index (κ3) is 5.37. The zero-order chi connectivity index (χ0) is 19.2. The molecule has 0 saturated carbocycles. The standard InChI is InChI=1S/C21H18BrClFNO2/c1-26-20-10-15(12-25-18-7-5-17(24)6-8-18)19(22)11-21(20)27-13-14-3-2-4-16(23)9-14/h2-11,25H,12-13H2,1H3. The minimum Gasteiger partial charge on any atom is -0.493 e. The van der Waals surface area contributed by atoms with Gasteiger partial charge in [0.15, 0.2) is 11.5 Å². The van der Waals surface area contributed by atoms with E-state index in [9.17, 15) is 4.39 Å². The smallest absolute Gasteiger partial charge is 0.162 e. The fourth-order valence-corrected chi connectivity index (χ4v) is 3.21. The topological polar surface area (TPSA) is 30.5 Å². The minimum absolute atomic E-state index is 0.260. The number of hydrogen-bond acceptors (Lipinski definition) is 3. The van der Waals surface area contributed by atoms with Crippen molar-refractivity contribution in [2.45, 2.75) is 13.2 Å². The van der Waals surface area contributed by atoms with Gasteiger partial charge in [0.05, 0.1) is 7.11 Å². The number of hydrogen-bond donors (Lipinski definition) is 1. The number of halogens is 3. The zero-order valence-electron chi connectivity index (χ0n) is 14.6. The van der Waals surface area contributed by atoms with Crippen molar-refractivity contribution in [3.63, 3.8) is 0 Å². The van der Waals surface area contributed by atoms with E-state index in [2.05, 4.69) is 21.2 Å². The van der Waals surface area contributed by atoms with Crippen LogP contribution in [0.25, 0.3) is 0 Å². The van der Waals surface area contributed by atoms with Crippen LogP contribution in [-0.4, -0.2) is 7.11 Å². The number of methoxy groups -OCH3 is 1. The SMILES string of the molecule is COc1cc(CNc2ccc(F)cc2)c(Br)cc1OCc1cccc(Cl)c1. The Balaban J connectivity index is 1.71. The molecule has 0 fully saturated rings. The van der Waals surface area contributed by atoms with Gasteiger partial charge in [0.1, 0.15) is 12.4 Å². The average Bonchev–Trinajstić information content (AvgIpc) is 2.67. The summed E-state index contributed by atoms with van der Waals surface area (Å²) in [4.78, 5) is 0. The van der Waals surface area contributed by atoms with Crippen molar-refractivity contribution in [3.05, 3.63) is 87.1 Å². The molecule has 0 atom stereocenters. The van der Waals surface area contributed by atoms with Gasteiger partial charge in [-0.25, -0.2) is 4.39 Å². The Morgan fingerprint density at radius 3 is 2.52 bits per heavy atom. The molecule has 0 bridgehead atoms. The van der Waals surface area contributed by atoms with Crippen LogP contribution in [0, 0.1) is 5.82 Å². The summed E-state index contributed by atoms with van der Waals surface area (Å²) in [5, 5.41) is 3.93. The van der Waals surface area contributed by atoms with Crippen LogP contribution in [0.5, 0.6) is 11.5 Å². The molecule has 6 heteroatoms. The maximum atomic E-state index is 13.0. The largest absolute Gasteiger partial charge is 0.493 e. The first-order valence-electron chi connectivity index (χ1n) is 8.28. The van der Waals surface area contributed by atoms with Gasteiger partial charge in [-0.1, -0.05) is 39.7 Å². The van der Waals surface area contributed by atoms with E-state index < -0.39 is 0 Å². The summed E-state index contributed by atoms with van der Waals surface area (Å²) in [6.07, 6.45) is 0. The number of nitrogens with one attached hydrogen (secondary N) is 1. The van der Waals surface area contributed by atoms with E-state index in [0.717, 1.165) is 21.3 Å². The Kier molecular flexibility index (Phi) is 6.58. The Bertz CT molecular complexity index is 919. The van der Waals surface area contributed by atoms with Gasteiger partial charge in [0, 0.05) is 21.7 Å². The monoisotopic (exact) mass is 449 g/mol. The lowest BCUT2D eigenvalue weighted by molar-refractivity contribution is 0.284. The molecule has 0 saturated heterocycles. The Labute approximate surface area is 171 Å². The van der Waals surface area contributed by atoms with Crippen LogP contribution in [0.3, 0.4) is 0 Å². The molecule has 0 spiro atoms. The van der Waals surface area contributed by atoms with Crippen LogP contribution in [0.15, 0.2) is 65.1 Å². The predicted molar refractivity (Wildman–Crippen MR) is 110 cm³/mol. The molecule has 1 N–H and O–H groups in total. The first-order valence-corrected chi connectivity index (χ1v) is 9.45. The van der Waals surface area contributed by atoms with E-state index in [1.807, 2.05) is 36.4 Å². The number of anilines is 1. The van der Waals surface area contributed by atoms with E-state index in [4.69, 9.17) is 21.1 Å². The summed E-state index contributed by atoms with van der Waals surface area (Å²) in [5.74, 6) is 1.01. The zero-order valence-corrected chi connectivity index (χ0v) is 17.0. The van der Waals surface area contributed by atoms with Crippen LogP contribution < -0.4 is 14.8 Å². The average molecular weight is 451 g/mol. The van der Waals surface area contributed by atoms with Gasteiger partial charge in [-0.2, -0.15) is 0 Å². The minimum atomic E-state index is -0.260. The van der Waals surface area contributed by atoms with Crippen LogP contribution >= 0.6 is 27.5 Å². The van der Waals surface area contributed by atoms with Crippen molar-refractivity contribution in [2.24, 2.45) is 0 Å². The number of ether oxygens (including phenoxy) is 2. The second-order valence-corrected chi connectivity index (χ2v) is 7.16. The molecule has 0 aromatic heterocycles. The van der Waals surface area contributed by atoms with Crippen LogP contribution in [0.1, 0.15) is 11.1 Å². The lowest BCUT2D eigenvalue weighted by atomic mass is 10.2. The molecule has 3 aromatic carbocycles. The molecule has 0 amide bonds. The van der Waals surface area contributed by atoms with Crippen LogP contribution in [-0.2, 0) is 13.2 Å². The third-order valence-corrected chi connectivity index (χ3v) is 4.92. The maximum absolute atomic E-state index is 13.0. The van der Waals surface area contributed by atoms with Crippen molar-refractivity contribution < 1.29 is 13.9 Å². The highest BCUT2D eigenvalue weighted by Crippen LogP contribution is 2.34. The molecule has 0 unspecified atom stereocenters. The first-order chi connectivity index (χ1) is 13.0. The highest BCUT2D eigenvalue weighted by molar-refractivity contribution is 9.10. The van der Waals surface area contributed by atoms with Gasteiger partial charge in [-0.3, -0.25) is 0 Å². The lowest BCUT2D eigenvalue weighted by Gasteiger charge is -2.15. The summed E-state index contributed by atoms with van der Waals surface area (Å²) >= 11 is 9.59. The second kappa shape index (κ2) is 9.11. The molecule has 0 aliphatic heterocycles. The van der Waals surface area contributed by atoms with E-state index in [1.165, 1.54) is 12.1 Å². The summed E-state index contributed by atoms with van der Waals surface area (Å²) < 4.78 is 25.3. The summed E-state index contributed by atoms with van der Waals surface area (Å²) in [6.45, 7) is 0.938. The molecule has 0 aliphatic rings. The molecule has 0 heterocycles. The van der Waals surface area contributed by atoms with Crippen LogP contribution in [0.4, 0.5) is 10.1 Å². The predicted octanol–water partition coefficient (Wildman–Crippen LogP) is 6.44. The Hall–Kier alpha value is -2.24. The highest BCUT2D eigenvalue weighted by Gasteiger charge is 2.11. The summed E-state index contributed by atoms with van der Waals surface area (Å²) in [5.41, 5.74) is 2.80. The fraction of sp³-hybridized carbons (Fsp3) is 0.143. The van der Waals surface area contributed by atoms with E-state index in [0.29, 0.717) is 29.7 Å². The summed E-state index contributed by atoms with van der Waals surface area (Å²) in [7, 11) is 1.60. The first kappa shape index (κ1) is 19.5. The Morgan fingerprint density at radius 1 is 1.04 bits per heavy atom. The maximum Gasteiger partial charge on any atom is 0.162 e. The van der Waals surface area contributed by atoms with Crippen molar-refractivity contribution in [3.8, 4) is 11.5 Å². The van der Waals surface area contributed by atoms with E-state index in [1.54, 1.807) is 19.2 Å². The number of benzene rings is 3. The van der Waals surface area contributed by atoms with Crippen molar-refractivity contribution in [2.75, 3.05) is 12.4 Å². The van der Waals surface area contributed by atoms with Crippen molar-refractivity contribution >= 4 is 33.2 Å². The van der Waals surface area contributed by atoms with E-state index in [-0.39, 0.29) is 5.82 Å². The molecule has 140 valence electrons. The third-order valence-electron chi connectivity index (χ3n) is 3.94. The molecule has 3 nitrogen and oxygen atoms in total. The van der Waals surface area contributed by atoms with Crippen LogP contribution in [0.2, 0.25) is 5.02 Å². The molecule has 27 heavy (non-hydrogen) atoms. The summed E-state index contributed by atoms with van der Waals surface area (Å²) in [6, 6.07) is 17.6. The molecular weight excluding hydrogens is 433 g/mol. The number of rotatable bonds is 7. The quantitative estimate of drug-likeness (QED) is 0.449. The molecule has 0 radical (unpaired) electrons. The van der Waals surface area contributed by atoms with Gasteiger partial charge in [-0.15, -0.1) is 0 Å². The normalized spacial score (nSPS) is 10.5. The fourth-order valence-electron chi connectivity index (χ4n) is 2.54. The van der Waals surface area contributed by atoms with Crippen molar-refractivity contribution in [1.82, 2.24) is 0 Å². The van der Waals surface area contributed by atoms with Gasteiger partial charge in [0.2, 0.25) is 0 Å². The lowest BCUT2D eigenvalue weighted by Crippen LogP contribution is -2.03.